The quantitative estimate of drug-likeness (QED) is 0.255. The van der Waals surface area contributed by atoms with Crippen molar-refractivity contribution in [2.75, 3.05) is 4.90 Å². The van der Waals surface area contributed by atoms with Crippen LogP contribution in [0.2, 0.25) is 0 Å². The van der Waals surface area contributed by atoms with Crippen molar-refractivity contribution in [3.63, 3.8) is 0 Å². The number of ketones is 1. The largest absolute Gasteiger partial charge is 0.304 e. The lowest BCUT2D eigenvalue weighted by atomic mass is 9.78. The van der Waals surface area contributed by atoms with E-state index >= 15 is 0 Å². The first-order valence-electron chi connectivity index (χ1n) is 10.9. The molecule has 1 heterocycles. The van der Waals surface area contributed by atoms with E-state index in [0.29, 0.717) is 17.7 Å². The van der Waals surface area contributed by atoms with E-state index in [1.54, 1.807) is 17.0 Å². The maximum Gasteiger partial charge on any atom is 0.233 e. The van der Waals surface area contributed by atoms with Gasteiger partial charge in [0.2, 0.25) is 5.91 Å². The van der Waals surface area contributed by atoms with E-state index in [1.165, 1.54) is 36.4 Å². The van der Waals surface area contributed by atoms with Crippen molar-refractivity contribution >= 4 is 17.4 Å². The van der Waals surface area contributed by atoms with Gasteiger partial charge in [-0.3, -0.25) is 9.59 Å². The number of Topliss-reactive ketones (excluding diaryl/α,β-unsaturated/α-hetero) is 1. The van der Waals surface area contributed by atoms with Crippen molar-refractivity contribution in [3.8, 4) is 11.1 Å². The zero-order valence-electron chi connectivity index (χ0n) is 17.7. The SMILES string of the molecule is O=C(CC[C@H]1C(=O)N(c2ccc(F)cc2)[C@@H]1c1ccc2cccccc1-2)c1ccc(F)cc1. The zero-order chi connectivity index (χ0) is 22.9. The number of halogens is 2. The third kappa shape index (κ3) is 3.91. The Labute approximate surface area is 190 Å². The minimum atomic E-state index is -0.396. The molecule has 33 heavy (non-hydrogen) atoms. The third-order valence-electron chi connectivity index (χ3n) is 6.31. The molecule has 1 saturated heterocycles. The van der Waals surface area contributed by atoms with Gasteiger partial charge in [0.25, 0.3) is 0 Å². The first-order chi connectivity index (χ1) is 16.0. The lowest BCUT2D eigenvalue weighted by molar-refractivity contribution is -0.130. The highest BCUT2D eigenvalue weighted by Crippen LogP contribution is 2.49. The van der Waals surface area contributed by atoms with Gasteiger partial charge in [0.1, 0.15) is 11.6 Å². The number of rotatable bonds is 6. The van der Waals surface area contributed by atoms with Crippen LogP contribution in [0.5, 0.6) is 0 Å². The molecule has 0 aromatic heterocycles. The Kier molecular flexibility index (Phi) is 5.47. The summed E-state index contributed by atoms with van der Waals surface area (Å²) in [5.41, 5.74) is 4.17. The van der Waals surface area contributed by atoms with Gasteiger partial charge < -0.3 is 4.90 Å². The molecule has 5 rings (SSSR count). The van der Waals surface area contributed by atoms with E-state index in [2.05, 4.69) is 0 Å². The van der Waals surface area contributed by atoms with Crippen LogP contribution in [0.3, 0.4) is 0 Å². The number of hydrogen-bond donors (Lipinski definition) is 0. The first kappa shape index (κ1) is 21.0. The Morgan fingerprint density at radius 2 is 1.45 bits per heavy atom. The van der Waals surface area contributed by atoms with Crippen molar-refractivity contribution in [3.05, 3.63) is 114 Å². The summed E-state index contributed by atoms with van der Waals surface area (Å²) < 4.78 is 26.7. The summed E-state index contributed by atoms with van der Waals surface area (Å²) in [6.45, 7) is 0. The second-order valence-corrected chi connectivity index (χ2v) is 8.27. The Morgan fingerprint density at radius 3 is 2.18 bits per heavy atom. The molecule has 1 fully saturated rings. The average Bonchev–Trinajstić information content (AvgIpc) is 3.05. The first-order valence-corrected chi connectivity index (χ1v) is 10.9. The maximum atomic E-state index is 13.5. The predicted octanol–water partition coefficient (Wildman–Crippen LogP) is 6.44. The predicted molar refractivity (Wildman–Crippen MR) is 123 cm³/mol. The van der Waals surface area contributed by atoms with Crippen LogP contribution < -0.4 is 4.90 Å². The highest BCUT2D eigenvalue weighted by atomic mass is 19.1. The van der Waals surface area contributed by atoms with Gasteiger partial charge in [-0.2, -0.15) is 0 Å². The summed E-state index contributed by atoms with van der Waals surface area (Å²) in [5.74, 6) is -1.35. The number of amides is 1. The molecule has 2 aromatic rings. The summed E-state index contributed by atoms with van der Waals surface area (Å²) in [6, 6.07) is 25.1. The molecule has 0 spiro atoms. The highest BCUT2D eigenvalue weighted by molar-refractivity contribution is 6.04. The van der Waals surface area contributed by atoms with Crippen LogP contribution in [0.4, 0.5) is 14.5 Å². The molecule has 2 aromatic carbocycles. The summed E-state index contributed by atoms with van der Waals surface area (Å²) in [5, 5.41) is 0. The molecule has 0 radical (unpaired) electrons. The number of hydrogen-bond acceptors (Lipinski definition) is 2. The number of nitrogens with zero attached hydrogens (tertiary/aromatic N) is 1. The van der Waals surface area contributed by atoms with Crippen molar-refractivity contribution in [1.82, 2.24) is 0 Å². The highest BCUT2D eigenvalue weighted by Gasteiger charge is 2.49. The van der Waals surface area contributed by atoms with Gasteiger partial charge in [0.15, 0.2) is 5.78 Å². The molecule has 1 aliphatic heterocycles. The van der Waals surface area contributed by atoms with E-state index in [9.17, 15) is 18.4 Å². The molecule has 3 nitrogen and oxygen atoms in total. The topological polar surface area (TPSA) is 37.4 Å². The maximum absolute atomic E-state index is 13.5. The fraction of sp³-hybridized carbons (Fsp3) is 0.143. The van der Waals surface area contributed by atoms with E-state index in [0.717, 1.165) is 16.7 Å². The summed E-state index contributed by atoms with van der Waals surface area (Å²) >= 11 is 0. The van der Waals surface area contributed by atoms with Crippen LogP contribution in [-0.4, -0.2) is 11.7 Å². The molecule has 0 unspecified atom stereocenters. The van der Waals surface area contributed by atoms with Gasteiger partial charge >= 0.3 is 0 Å². The van der Waals surface area contributed by atoms with Crippen LogP contribution in [0.25, 0.3) is 11.1 Å². The molecule has 2 aliphatic carbocycles. The fourth-order valence-corrected chi connectivity index (χ4v) is 4.64. The number of fused-ring (bicyclic) bond motifs is 1. The molecule has 0 N–H and O–H groups in total. The molecule has 164 valence electrons. The van der Waals surface area contributed by atoms with Crippen molar-refractivity contribution in [2.24, 2.45) is 5.92 Å². The second kappa shape index (κ2) is 8.58. The molecule has 3 aliphatic rings. The number of benzene rings is 2. The van der Waals surface area contributed by atoms with Crippen LogP contribution in [0.15, 0.2) is 91.0 Å². The van der Waals surface area contributed by atoms with Crippen molar-refractivity contribution in [2.45, 2.75) is 18.9 Å². The number of β-lactam (4-membered cyclic amide) rings is 1. The standard InChI is InChI=1S/C28H21F2NO2/c29-20-9-6-19(7-10-20)26(32)17-16-25-27(24-15-8-18-4-2-1-3-5-23(18)24)31(28(25)33)22-13-11-21(30)12-14-22/h1-15,25,27H,16-17H2/t25-,27-/m1/s1. The van der Waals surface area contributed by atoms with Crippen LogP contribution in [0, 0.1) is 17.6 Å². The zero-order valence-corrected chi connectivity index (χ0v) is 17.7. The molecular weight excluding hydrogens is 420 g/mol. The number of carbonyl (C=O) groups is 2. The molecular formula is C28H21F2NO2. The van der Waals surface area contributed by atoms with Crippen molar-refractivity contribution in [1.29, 1.82) is 0 Å². The van der Waals surface area contributed by atoms with Gasteiger partial charge in [-0.25, -0.2) is 8.78 Å². The van der Waals surface area contributed by atoms with Gasteiger partial charge in [-0.15, -0.1) is 0 Å². The van der Waals surface area contributed by atoms with Gasteiger partial charge in [-0.1, -0.05) is 42.5 Å². The summed E-state index contributed by atoms with van der Waals surface area (Å²) in [6.07, 6.45) is 0.561. The van der Waals surface area contributed by atoms with Crippen LogP contribution in [0.1, 0.15) is 34.8 Å². The van der Waals surface area contributed by atoms with Crippen molar-refractivity contribution < 1.29 is 18.4 Å². The van der Waals surface area contributed by atoms with Gasteiger partial charge in [-0.05, 0) is 71.6 Å². The number of carbonyl (C=O) groups excluding carboxylic acids is 2. The van der Waals surface area contributed by atoms with E-state index in [-0.39, 0.29) is 35.9 Å². The minimum absolute atomic E-state index is 0.0897. The Bertz CT molecular complexity index is 1280. The Hall–Kier alpha value is -3.86. The average molecular weight is 441 g/mol. The Balaban J connectivity index is 1.45. The van der Waals surface area contributed by atoms with Crippen LogP contribution >= 0.6 is 0 Å². The Morgan fingerprint density at radius 1 is 0.788 bits per heavy atom. The van der Waals surface area contributed by atoms with E-state index in [4.69, 9.17) is 0 Å². The monoisotopic (exact) mass is 441 g/mol. The fourth-order valence-electron chi connectivity index (χ4n) is 4.64. The molecule has 5 heteroatoms. The molecule has 0 saturated carbocycles. The number of anilines is 1. The van der Waals surface area contributed by atoms with Gasteiger partial charge in [0.05, 0.1) is 12.0 Å². The molecule has 0 bridgehead atoms. The van der Waals surface area contributed by atoms with Crippen LogP contribution in [-0.2, 0) is 4.79 Å². The normalized spacial score (nSPS) is 17.8. The van der Waals surface area contributed by atoms with Gasteiger partial charge in [0, 0.05) is 17.7 Å². The summed E-state index contributed by atoms with van der Waals surface area (Å²) in [7, 11) is 0. The lowest BCUT2D eigenvalue weighted by Gasteiger charge is -2.47. The lowest BCUT2D eigenvalue weighted by Crippen LogP contribution is -2.55. The molecule has 2 atom stereocenters. The second-order valence-electron chi connectivity index (χ2n) is 8.27. The van der Waals surface area contributed by atoms with E-state index < -0.39 is 5.82 Å². The van der Waals surface area contributed by atoms with E-state index in [1.807, 2.05) is 42.5 Å². The third-order valence-corrected chi connectivity index (χ3v) is 6.31. The minimum Gasteiger partial charge on any atom is -0.304 e. The molecule has 1 amide bonds. The summed E-state index contributed by atoms with van der Waals surface area (Å²) in [4.78, 5) is 27.6. The smallest absolute Gasteiger partial charge is 0.233 e.